The highest BCUT2D eigenvalue weighted by Gasteiger charge is 2.55. The lowest BCUT2D eigenvalue weighted by atomic mass is 10.1. The van der Waals surface area contributed by atoms with Crippen molar-refractivity contribution in [3.63, 3.8) is 0 Å². The third kappa shape index (κ3) is 2.31. The molecule has 1 aliphatic heterocycles. The summed E-state index contributed by atoms with van der Waals surface area (Å²) < 4.78 is 11.6. The molecule has 0 spiro atoms. The summed E-state index contributed by atoms with van der Waals surface area (Å²) in [6.07, 6.45) is 5.52. The number of ether oxygens (including phenoxy) is 2. The van der Waals surface area contributed by atoms with Crippen molar-refractivity contribution < 1.29 is 9.47 Å². The molecular formula is C13H23NO2. The Kier molecular flexibility index (Phi) is 3.67. The lowest BCUT2D eigenvalue weighted by molar-refractivity contribution is -0.112. The van der Waals surface area contributed by atoms with Crippen LogP contribution in [0.5, 0.6) is 0 Å². The maximum Gasteiger partial charge on any atom is 0.179 e. The van der Waals surface area contributed by atoms with Crippen LogP contribution in [0.4, 0.5) is 0 Å². The monoisotopic (exact) mass is 225 g/mol. The molecule has 1 aliphatic carbocycles. The van der Waals surface area contributed by atoms with Gasteiger partial charge in [0.25, 0.3) is 0 Å². The Hall–Kier alpha value is -0.380. The minimum atomic E-state index is -0.136. The van der Waals surface area contributed by atoms with E-state index >= 15 is 0 Å². The van der Waals surface area contributed by atoms with E-state index in [2.05, 4.69) is 19.9 Å². The number of rotatable bonds is 4. The van der Waals surface area contributed by atoms with Gasteiger partial charge in [-0.25, -0.2) is 0 Å². The van der Waals surface area contributed by atoms with Crippen molar-refractivity contribution in [3.8, 4) is 0 Å². The summed E-state index contributed by atoms with van der Waals surface area (Å²) >= 11 is 0. The van der Waals surface area contributed by atoms with Crippen molar-refractivity contribution in [2.75, 3.05) is 19.8 Å². The third-order valence-electron chi connectivity index (χ3n) is 3.86. The maximum absolute atomic E-state index is 5.84. The van der Waals surface area contributed by atoms with Gasteiger partial charge in [-0.15, -0.1) is 0 Å². The molecule has 16 heavy (non-hydrogen) atoms. The zero-order valence-corrected chi connectivity index (χ0v) is 10.4. The van der Waals surface area contributed by atoms with E-state index in [1.165, 1.54) is 18.4 Å². The van der Waals surface area contributed by atoms with Crippen molar-refractivity contribution in [3.05, 3.63) is 11.6 Å². The van der Waals surface area contributed by atoms with E-state index in [4.69, 9.17) is 15.2 Å². The van der Waals surface area contributed by atoms with Gasteiger partial charge in [-0.05, 0) is 31.3 Å². The van der Waals surface area contributed by atoms with Crippen LogP contribution in [0.25, 0.3) is 0 Å². The summed E-state index contributed by atoms with van der Waals surface area (Å²) in [5.41, 5.74) is 7.24. The number of hydrogen-bond donors (Lipinski definition) is 1. The minimum absolute atomic E-state index is 0.136. The first-order chi connectivity index (χ1) is 7.72. The van der Waals surface area contributed by atoms with Gasteiger partial charge in [0.05, 0.1) is 13.2 Å². The van der Waals surface area contributed by atoms with Crippen molar-refractivity contribution >= 4 is 0 Å². The molecule has 2 unspecified atom stereocenters. The number of nitrogens with two attached hydrogens (primary N) is 1. The molecule has 3 nitrogen and oxygen atoms in total. The van der Waals surface area contributed by atoms with Crippen molar-refractivity contribution in [1.29, 1.82) is 0 Å². The number of fused-ring (bicyclic) bond motifs is 1. The van der Waals surface area contributed by atoms with Gasteiger partial charge in [0.1, 0.15) is 0 Å². The molecule has 0 radical (unpaired) electrons. The molecule has 92 valence electrons. The molecule has 0 aromatic carbocycles. The van der Waals surface area contributed by atoms with E-state index in [1.807, 2.05) is 0 Å². The number of allylic oxidation sites excluding steroid dienone is 1. The Labute approximate surface area is 98.0 Å². The van der Waals surface area contributed by atoms with E-state index in [9.17, 15) is 0 Å². The highest BCUT2D eigenvalue weighted by molar-refractivity contribution is 5.07. The first kappa shape index (κ1) is 12.1. The topological polar surface area (TPSA) is 44.5 Å². The highest BCUT2D eigenvalue weighted by atomic mass is 16.7. The zero-order valence-electron chi connectivity index (χ0n) is 10.4. The largest absolute Gasteiger partial charge is 0.348 e. The van der Waals surface area contributed by atoms with Crippen LogP contribution in [0.3, 0.4) is 0 Å². The fourth-order valence-corrected chi connectivity index (χ4v) is 2.38. The summed E-state index contributed by atoms with van der Waals surface area (Å²) in [5.74, 6) is 0.626. The molecule has 0 aromatic heterocycles. The molecule has 3 heteroatoms. The molecule has 2 aliphatic rings. The van der Waals surface area contributed by atoms with E-state index in [0.29, 0.717) is 5.92 Å². The number of unbranched alkanes of at least 4 members (excludes halogenated alkanes) is 1. The molecule has 0 amide bonds. The molecule has 1 saturated carbocycles. The van der Waals surface area contributed by atoms with Gasteiger partial charge in [0.2, 0.25) is 0 Å². The molecular weight excluding hydrogens is 202 g/mol. The standard InChI is InChI=1S/C13H23NO2/c1-3-4-5-10(2)12-15-7-11-6-13(11,8-14)9-16-12/h5,11-12H,3-4,6-9,14H2,1-2H3/b10-5+/t11?,12?,13-/m1/s1. The Morgan fingerprint density at radius 2 is 2.31 bits per heavy atom. The Bertz CT molecular complexity index is 277. The summed E-state index contributed by atoms with van der Waals surface area (Å²) in [6.45, 7) is 6.56. The molecule has 2 fully saturated rings. The highest BCUT2D eigenvalue weighted by Crippen LogP contribution is 2.53. The van der Waals surface area contributed by atoms with Crippen LogP contribution in [0.1, 0.15) is 33.1 Å². The lowest BCUT2D eigenvalue weighted by Gasteiger charge is -2.19. The predicted octanol–water partition coefficient (Wildman–Crippen LogP) is 2.07. The van der Waals surface area contributed by atoms with Gasteiger partial charge in [0.15, 0.2) is 6.29 Å². The van der Waals surface area contributed by atoms with Crippen molar-refractivity contribution in [2.24, 2.45) is 17.1 Å². The van der Waals surface area contributed by atoms with Gasteiger partial charge in [-0.1, -0.05) is 19.4 Å². The molecule has 0 aromatic rings. The third-order valence-corrected chi connectivity index (χ3v) is 3.86. The molecule has 1 heterocycles. The van der Waals surface area contributed by atoms with Gasteiger partial charge in [0, 0.05) is 12.0 Å². The molecule has 0 bridgehead atoms. The summed E-state index contributed by atoms with van der Waals surface area (Å²) in [5, 5.41) is 0. The quantitative estimate of drug-likeness (QED) is 0.745. The number of hydrogen-bond acceptors (Lipinski definition) is 3. The molecule has 3 atom stereocenters. The van der Waals surface area contributed by atoms with Gasteiger partial charge < -0.3 is 15.2 Å². The fourth-order valence-electron chi connectivity index (χ4n) is 2.38. The van der Waals surface area contributed by atoms with Crippen LogP contribution < -0.4 is 5.73 Å². The average Bonchev–Trinajstić information content (AvgIpc) is 3.00. The van der Waals surface area contributed by atoms with E-state index in [-0.39, 0.29) is 11.7 Å². The fraction of sp³-hybridized carbons (Fsp3) is 0.846. The Morgan fingerprint density at radius 1 is 1.50 bits per heavy atom. The predicted molar refractivity (Wildman–Crippen MR) is 64.0 cm³/mol. The Balaban J connectivity index is 1.90. The smallest absolute Gasteiger partial charge is 0.179 e. The van der Waals surface area contributed by atoms with E-state index in [1.54, 1.807) is 0 Å². The maximum atomic E-state index is 5.84. The second-order valence-corrected chi connectivity index (χ2v) is 5.18. The first-order valence-corrected chi connectivity index (χ1v) is 6.32. The van der Waals surface area contributed by atoms with Crippen LogP contribution >= 0.6 is 0 Å². The SMILES string of the molecule is CCC/C=C(\C)C1OCC2C[C@@]2(CN)CO1. The molecule has 1 saturated heterocycles. The second-order valence-electron chi connectivity index (χ2n) is 5.18. The summed E-state index contributed by atoms with van der Waals surface area (Å²) in [7, 11) is 0. The van der Waals surface area contributed by atoms with Gasteiger partial charge in [-0.3, -0.25) is 0 Å². The summed E-state index contributed by atoms with van der Waals surface area (Å²) in [6, 6.07) is 0. The average molecular weight is 225 g/mol. The Morgan fingerprint density at radius 3 is 3.00 bits per heavy atom. The van der Waals surface area contributed by atoms with Crippen molar-refractivity contribution in [1.82, 2.24) is 0 Å². The van der Waals surface area contributed by atoms with Crippen LogP contribution in [-0.4, -0.2) is 26.0 Å². The van der Waals surface area contributed by atoms with Gasteiger partial charge >= 0.3 is 0 Å². The molecule has 2 rings (SSSR count). The van der Waals surface area contributed by atoms with E-state index < -0.39 is 0 Å². The zero-order chi connectivity index (χ0) is 11.6. The lowest BCUT2D eigenvalue weighted by Crippen LogP contribution is -2.25. The van der Waals surface area contributed by atoms with Crippen LogP contribution in [-0.2, 0) is 9.47 Å². The molecule has 2 N–H and O–H groups in total. The minimum Gasteiger partial charge on any atom is -0.348 e. The second kappa shape index (κ2) is 4.86. The van der Waals surface area contributed by atoms with Crippen LogP contribution in [0, 0.1) is 11.3 Å². The van der Waals surface area contributed by atoms with Gasteiger partial charge in [-0.2, -0.15) is 0 Å². The normalized spacial score (nSPS) is 39.1. The van der Waals surface area contributed by atoms with Crippen LogP contribution in [0.2, 0.25) is 0 Å². The first-order valence-electron chi connectivity index (χ1n) is 6.32. The summed E-state index contributed by atoms with van der Waals surface area (Å²) in [4.78, 5) is 0. The van der Waals surface area contributed by atoms with Crippen LogP contribution in [0.15, 0.2) is 11.6 Å². The van der Waals surface area contributed by atoms with Crippen molar-refractivity contribution in [2.45, 2.75) is 39.4 Å². The van der Waals surface area contributed by atoms with E-state index in [0.717, 1.165) is 26.2 Å².